The molecule has 2 rings (SSSR count). The van der Waals surface area contributed by atoms with Gasteiger partial charge < -0.3 is 20.1 Å². The van der Waals surface area contributed by atoms with Crippen molar-refractivity contribution in [3.63, 3.8) is 0 Å². The Bertz CT molecular complexity index is 811. The zero-order valence-electron chi connectivity index (χ0n) is 14.8. The summed E-state index contributed by atoms with van der Waals surface area (Å²) in [6.07, 6.45) is 1.41. The average Bonchev–Trinajstić information content (AvgIpc) is 2.64. The molecule has 0 aliphatic heterocycles. The summed E-state index contributed by atoms with van der Waals surface area (Å²) < 4.78 is 10.1. The molecule has 2 N–H and O–H groups in total. The van der Waals surface area contributed by atoms with Crippen molar-refractivity contribution in [2.45, 2.75) is 6.92 Å². The second-order valence-electron chi connectivity index (χ2n) is 5.43. The zero-order valence-corrected chi connectivity index (χ0v) is 15.5. The first kappa shape index (κ1) is 19.7. The van der Waals surface area contributed by atoms with E-state index < -0.39 is 5.91 Å². The van der Waals surface area contributed by atoms with Crippen LogP contribution in [0, 0.1) is 6.92 Å². The van der Waals surface area contributed by atoms with Crippen molar-refractivity contribution in [2.24, 2.45) is 0 Å². The van der Waals surface area contributed by atoms with Crippen LogP contribution in [0.2, 0.25) is 5.02 Å². The number of rotatable bonds is 7. The third-order valence-electron chi connectivity index (χ3n) is 3.58. The van der Waals surface area contributed by atoms with Crippen LogP contribution in [0.1, 0.15) is 26.4 Å². The number of halogens is 1. The predicted molar refractivity (Wildman–Crippen MR) is 99.1 cm³/mol. The maximum Gasteiger partial charge on any atom is 0.274 e. The molecule has 0 fully saturated rings. The van der Waals surface area contributed by atoms with Gasteiger partial charge in [0.05, 0.1) is 19.4 Å². The maximum absolute atomic E-state index is 12.5. The van der Waals surface area contributed by atoms with E-state index in [2.05, 4.69) is 15.6 Å². The molecule has 7 nitrogen and oxygen atoms in total. The number of anilines is 1. The maximum atomic E-state index is 12.5. The summed E-state index contributed by atoms with van der Waals surface area (Å²) in [5, 5.41) is 5.95. The number of aryl methyl sites for hydroxylation is 1. The fourth-order valence-electron chi connectivity index (χ4n) is 2.18. The molecule has 1 aromatic heterocycles. The predicted octanol–water partition coefficient (Wildman–Crippen LogP) is 2.68. The summed E-state index contributed by atoms with van der Waals surface area (Å²) in [6.45, 7) is 2.60. The van der Waals surface area contributed by atoms with Gasteiger partial charge in [-0.05, 0) is 30.7 Å². The van der Waals surface area contributed by atoms with Crippen LogP contribution < -0.4 is 15.4 Å². The number of benzene rings is 1. The van der Waals surface area contributed by atoms with E-state index in [9.17, 15) is 9.59 Å². The summed E-state index contributed by atoms with van der Waals surface area (Å²) in [5.74, 6) is -0.336. The Kier molecular flexibility index (Phi) is 6.94. The second-order valence-corrected chi connectivity index (χ2v) is 5.84. The van der Waals surface area contributed by atoms with Crippen molar-refractivity contribution >= 4 is 29.1 Å². The average molecular weight is 378 g/mol. The van der Waals surface area contributed by atoms with Gasteiger partial charge in [-0.25, -0.2) is 0 Å². The number of pyridine rings is 1. The second kappa shape index (κ2) is 9.17. The molecule has 1 aromatic carbocycles. The molecule has 0 saturated carbocycles. The molecule has 0 radical (unpaired) electrons. The van der Waals surface area contributed by atoms with Gasteiger partial charge in [0.2, 0.25) is 0 Å². The van der Waals surface area contributed by atoms with Crippen LogP contribution >= 0.6 is 11.6 Å². The molecule has 0 bridgehead atoms. The monoisotopic (exact) mass is 377 g/mol. The van der Waals surface area contributed by atoms with E-state index in [4.69, 9.17) is 21.1 Å². The number of hydrogen-bond acceptors (Lipinski definition) is 5. The zero-order chi connectivity index (χ0) is 19.1. The van der Waals surface area contributed by atoms with Crippen LogP contribution in [0.3, 0.4) is 0 Å². The van der Waals surface area contributed by atoms with Crippen molar-refractivity contribution in [3.8, 4) is 5.75 Å². The molecule has 0 aliphatic carbocycles. The highest BCUT2D eigenvalue weighted by Crippen LogP contribution is 2.31. The number of methoxy groups -OCH3 is 2. The third-order valence-corrected chi connectivity index (χ3v) is 3.98. The Morgan fingerprint density at radius 1 is 1.19 bits per heavy atom. The van der Waals surface area contributed by atoms with Gasteiger partial charge >= 0.3 is 0 Å². The third kappa shape index (κ3) is 4.93. The van der Waals surface area contributed by atoms with Crippen molar-refractivity contribution in [1.29, 1.82) is 0 Å². The fourth-order valence-corrected chi connectivity index (χ4v) is 2.33. The van der Waals surface area contributed by atoms with E-state index in [1.807, 2.05) is 6.92 Å². The van der Waals surface area contributed by atoms with Gasteiger partial charge in [0.15, 0.2) is 0 Å². The largest absolute Gasteiger partial charge is 0.495 e. The Morgan fingerprint density at radius 2 is 1.96 bits per heavy atom. The topological polar surface area (TPSA) is 89.5 Å². The van der Waals surface area contributed by atoms with Gasteiger partial charge in [-0.2, -0.15) is 0 Å². The number of carbonyl (C=O) groups excluding carboxylic acids is 2. The number of aromatic nitrogens is 1. The van der Waals surface area contributed by atoms with E-state index in [1.165, 1.54) is 25.4 Å². The fraction of sp³-hybridized carbons (Fsp3) is 0.278. The molecule has 0 atom stereocenters. The molecule has 2 amide bonds. The highest BCUT2D eigenvalue weighted by molar-refractivity contribution is 6.31. The number of ether oxygens (including phenoxy) is 2. The van der Waals surface area contributed by atoms with E-state index in [-0.39, 0.29) is 11.6 Å². The molecule has 8 heteroatoms. The Hall–Kier alpha value is -2.64. The lowest BCUT2D eigenvalue weighted by molar-refractivity contribution is 0.0937. The van der Waals surface area contributed by atoms with Gasteiger partial charge in [-0.15, -0.1) is 0 Å². The minimum absolute atomic E-state index is 0.110. The van der Waals surface area contributed by atoms with Crippen LogP contribution in [0.5, 0.6) is 5.75 Å². The summed E-state index contributed by atoms with van der Waals surface area (Å²) >= 11 is 6.07. The standard InChI is InChI=1S/C18H20ClN3O4/c1-11-8-14(16(26-3)10-13(11)19)22-18(24)15-9-12(4-5-20-15)17(23)21-6-7-25-2/h4-5,8-10H,6-7H2,1-3H3,(H,21,23)(H,22,24). The Labute approximate surface area is 156 Å². The smallest absolute Gasteiger partial charge is 0.274 e. The van der Waals surface area contributed by atoms with Crippen molar-refractivity contribution in [3.05, 3.63) is 52.3 Å². The van der Waals surface area contributed by atoms with Crippen molar-refractivity contribution < 1.29 is 19.1 Å². The van der Waals surface area contributed by atoms with Crippen LogP contribution in [0.15, 0.2) is 30.5 Å². The SMILES string of the molecule is COCCNC(=O)c1ccnc(C(=O)Nc2cc(C)c(Cl)cc2OC)c1. The number of nitrogens with one attached hydrogen (secondary N) is 2. The molecule has 0 spiro atoms. The molecular weight excluding hydrogens is 358 g/mol. The van der Waals surface area contributed by atoms with Gasteiger partial charge in [-0.1, -0.05) is 11.6 Å². The van der Waals surface area contributed by atoms with Gasteiger partial charge in [0.1, 0.15) is 11.4 Å². The van der Waals surface area contributed by atoms with Gasteiger partial charge in [0, 0.05) is 36.5 Å². The lowest BCUT2D eigenvalue weighted by atomic mass is 10.2. The number of amides is 2. The van der Waals surface area contributed by atoms with E-state index in [0.717, 1.165) is 5.56 Å². The lowest BCUT2D eigenvalue weighted by Crippen LogP contribution is -2.27. The number of hydrogen-bond donors (Lipinski definition) is 2. The normalized spacial score (nSPS) is 10.3. The lowest BCUT2D eigenvalue weighted by Gasteiger charge is -2.12. The highest BCUT2D eigenvalue weighted by atomic mass is 35.5. The molecule has 138 valence electrons. The van der Waals surface area contributed by atoms with Crippen LogP contribution in [0.25, 0.3) is 0 Å². The van der Waals surface area contributed by atoms with E-state index >= 15 is 0 Å². The first-order valence-electron chi connectivity index (χ1n) is 7.85. The first-order chi connectivity index (χ1) is 12.5. The Morgan fingerprint density at radius 3 is 2.65 bits per heavy atom. The number of carbonyl (C=O) groups is 2. The molecule has 2 aromatic rings. The van der Waals surface area contributed by atoms with Crippen molar-refractivity contribution in [2.75, 3.05) is 32.7 Å². The molecule has 0 aliphatic rings. The molecule has 0 saturated heterocycles. The molecule has 26 heavy (non-hydrogen) atoms. The number of nitrogens with zero attached hydrogens (tertiary/aromatic N) is 1. The van der Waals surface area contributed by atoms with Crippen LogP contribution in [-0.2, 0) is 4.74 Å². The summed E-state index contributed by atoms with van der Waals surface area (Å²) in [7, 11) is 3.04. The summed E-state index contributed by atoms with van der Waals surface area (Å²) in [5.41, 5.74) is 1.71. The van der Waals surface area contributed by atoms with Crippen molar-refractivity contribution in [1.82, 2.24) is 10.3 Å². The Balaban J connectivity index is 2.17. The first-order valence-corrected chi connectivity index (χ1v) is 8.22. The minimum atomic E-state index is -0.462. The minimum Gasteiger partial charge on any atom is -0.495 e. The molecular formula is C18H20ClN3O4. The highest BCUT2D eigenvalue weighted by Gasteiger charge is 2.15. The van der Waals surface area contributed by atoms with Crippen LogP contribution in [0.4, 0.5) is 5.69 Å². The van der Waals surface area contributed by atoms with Gasteiger partial charge in [0.25, 0.3) is 11.8 Å². The summed E-state index contributed by atoms with van der Waals surface area (Å²) in [4.78, 5) is 28.6. The summed E-state index contributed by atoms with van der Waals surface area (Å²) in [6, 6.07) is 6.29. The van der Waals surface area contributed by atoms with Gasteiger partial charge in [-0.3, -0.25) is 14.6 Å². The quantitative estimate of drug-likeness (QED) is 0.724. The molecule has 0 unspecified atom stereocenters. The van der Waals surface area contributed by atoms with Crippen LogP contribution in [-0.4, -0.2) is 44.2 Å². The molecule has 1 heterocycles. The van der Waals surface area contributed by atoms with E-state index in [0.29, 0.717) is 35.2 Å². The van der Waals surface area contributed by atoms with E-state index in [1.54, 1.807) is 19.2 Å².